The van der Waals surface area contributed by atoms with Crippen LogP contribution in [0.5, 0.6) is 0 Å². The van der Waals surface area contributed by atoms with Gasteiger partial charge in [0.1, 0.15) is 0 Å². The van der Waals surface area contributed by atoms with Crippen molar-refractivity contribution in [3.8, 4) is 0 Å². The molecule has 0 aromatic heterocycles. The zero-order chi connectivity index (χ0) is 9.26. The standard InChI is InChI=1S/C12H16Si.Li.H/c1-9-3-5-11(7-9)13-12-6-4-10(2)8-12;;/h3-4,7-8H,5-6,13H2,1-2H3;;. The van der Waals surface area contributed by atoms with Gasteiger partial charge < -0.3 is 0 Å². The van der Waals surface area contributed by atoms with Crippen molar-refractivity contribution in [2.75, 3.05) is 0 Å². The van der Waals surface area contributed by atoms with Gasteiger partial charge in [0.15, 0.2) is 0 Å². The fourth-order valence-electron chi connectivity index (χ4n) is 2.00. The average Bonchev–Trinajstić information content (AvgIpc) is 2.62. The monoisotopic (exact) mass is 196 g/mol. The Bertz CT molecular complexity index is 311. The van der Waals surface area contributed by atoms with Gasteiger partial charge in [-0.25, -0.2) is 0 Å². The van der Waals surface area contributed by atoms with Gasteiger partial charge in [0.25, 0.3) is 0 Å². The Balaban J connectivity index is 0.000000980. The molecular weight excluding hydrogens is 179 g/mol. The van der Waals surface area contributed by atoms with Crippen LogP contribution in [0.1, 0.15) is 26.7 Å². The fraction of sp³-hybridized carbons (Fsp3) is 0.333. The van der Waals surface area contributed by atoms with Crippen LogP contribution in [-0.2, 0) is 0 Å². The molecule has 2 aliphatic rings. The van der Waals surface area contributed by atoms with Crippen molar-refractivity contribution in [1.29, 1.82) is 0 Å². The molecule has 0 aromatic carbocycles. The first kappa shape index (κ1) is 11.8. The van der Waals surface area contributed by atoms with Crippen LogP contribution in [0, 0.1) is 0 Å². The first-order chi connectivity index (χ1) is 6.24. The Kier molecular flexibility index (Phi) is 4.25. The molecule has 0 amide bonds. The molecule has 0 spiro atoms. The van der Waals surface area contributed by atoms with Crippen LogP contribution in [0.25, 0.3) is 0 Å². The third kappa shape index (κ3) is 2.88. The zero-order valence-corrected chi connectivity index (χ0v) is 9.84. The molecule has 2 aliphatic carbocycles. The summed E-state index contributed by atoms with van der Waals surface area (Å²) >= 11 is 0. The summed E-state index contributed by atoms with van der Waals surface area (Å²) in [5.74, 6) is 0. The second-order valence-electron chi connectivity index (χ2n) is 4.09. The summed E-state index contributed by atoms with van der Waals surface area (Å²) in [6.07, 6.45) is 11.9. The Morgan fingerprint density at radius 2 is 1.36 bits per heavy atom. The first-order valence-corrected chi connectivity index (χ1v) is 6.38. The molecule has 0 saturated carbocycles. The van der Waals surface area contributed by atoms with Crippen LogP contribution in [-0.4, -0.2) is 28.4 Å². The van der Waals surface area contributed by atoms with E-state index in [0.717, 1.165) is 0 Å². The summed E-state index contributed by atoms with van der Waals surface area (Å²) in [5.41, 5.74) is 2.93. The maximum absolute atomic E-state index is 2.39. The van der Waals surface area contributed by atoms with Gasteiger partial charge in [0.2, 0.25) is 0 Å². The summed E-state index contributed by atoms with van der Waals surface area (Å²) in [7, 11) is -0.0814. The minimum absolute atomic E-state index is 0. The molecule has 0 aliphatic heterocycles. The van der Waals surface area contributed by atoms with Crippen molar-refractivity contribution < 1.29 is 0 Å². The van der Waals surface area contributed by atoms with Crippen molar-refractivity contribution in [2.45, 2.75) is 26.7 Å². The van der Waals surface area contributed by atoms with Gasteiger partial charge in [-0.2, -0.15) is 0 Å². The molecule has 0 N–H and O–H groups in total. The summed E-state index contributed by atoms with van der Waals surface area (Å²) in [6.45, 7) is 4.40. The Morgan fingerprint density at radius 1 is 0.929 bits per heavy atom. The molecule has 0 nitrogen and oxygen atoms in total. The summed E-state index contributed by atoms with van der Waals surface area (Å²) in [4.78, 5) is 0. The van der Waals surface area contributed by atoms with Crippen molar-refractivity contribution >= 4 is 28.4 Å². The van der Waals surface area contributed by atoms with Crippen molar-refractivity contribution in [3.05, 3.63) is 45.8 Å². The molecule has 2 rings (SSSR count). The van der Waals surface area contributed by atoms with Crippen LogP contribution in [0.4, 0.5) is 0 Å². The fourth-order valence-corrected chi connectivity index (χ4v) is 4.01. The van der Waals surface area contributed by atoms with E-state index < -0.39 is 0 Å². The van der Waals surface area contributed by atoms with Gasteiger partial charge in [-0.05, 0) is 26.7 Å². The van der Waals surface area contributed by atoms with E-state index in [1.165, 1.54) is 24.0 Å². The van der Waals surface area contributed by atoms with E-state index in [1.54, 1.807) is 10.4 Å². The Hall–Kier alpha value is -0.226. The van der Waals surface area contributed by atoms with Crippen LogP contribution in [0.2, 0.25) is 0 Å². The number of hydrogen-bond acceptors (Lipinski definition) is 0. The SMILES string of the molecule is CC1=CCC([SiH2]C2=CC(C)=CC2)=C1.[LiH]. The van der Waals surface area contributed by atoms with Crippen molar-refractivity contribution in [2.24, 2.45) is 0 Å². The van der Waals surface area contributed by atoms with Gasteiger partial charge in [-0.3, -0.25) is 0 Å². The van der Waals surface area contributed by atoms with E-state index in [-0.39, 0.29) is 28.4 Å². The molecule has 14 heavy (non-hydrogen) atoms. The molecule has 0 aromatic rings. The predicted octanol–water partition coefficient (Wildman–Crippen LogP) is 1.97. The second kappa shape index (κ2) is 5.02. The van der Waals surface area contributed by atoms with Gasteiger partial charge in [0.05, 0.1) is 9.52 Å². The Morgan fingerprint density at radius 3 is 1.64 bits per heavy atom. The maximum atomic E-state index is 2.39. The van der Waals surface area contributed by atoms with E-state index >= 15 is 0 Å². The molecule has 0 unspecified atom stereocenters. The van der Waals surface area contributed by atoms with Gasteiger partial charge in [-0.1, -0.05) is 45.8 Å². The quantitative estimate of drug-likeness (QED) is 0.592. The summed E-state index contributed by atoms with van der Waals surface area (Å²) < 4.78 is 0. The van der Waals surface area contributed by atoms with Crippen molar-refractivity contribution in [3.63, 3.8) is 0 Å². The van der Waals surface area contributed by atoms with Crippen LogP contribution >= 0.6 is 0 Å². The van der Waals surface area contributed by atoms with Gasteiger partial charge in [0, 0.05) is 0 Å². The third-order valence-electron chi connectivity index (χ3n) is 2.69. The van der Waals surface area contributed by atoms with Crippen LogP contribution in [0.15, 0.2) is 45.8 Å². The molecular formula is C12H17LiSi. The normalized spacial score (nSPS) is 19.6. The molecule has 0 atom stereocenters. The number of hydrogen-bond donors (Lipinski definition) is 0. The summed E-state index contributed by atoms with van der Waals surface area (Å²) in [5, 5.41) is 3.43. The number of allylic oxidation sites excluding steroid dienone is 8. The van der Waals surface area contributed by atoms with E-state index in [0.29, 0.717) is 0 Å². The van der Waals surface area contributed by atoms with E-state index in [4.69, 9.17) is 0 Å². The van der Waals surface area contributed by atoms with Crippen LogP contribution in [0.3, 0.4) is 0 Å². The van der Waals surface area contributed by atoms with E-state index in [9.17, 15) is 0 Å². The second-order valence-corrected chi connectivity index (χ2v) is 6.26. The molecule has 0 heterocycles. The third-order valence-corrected chi connectivity index (χ3v) is 4.58. The molecule has 70 valence electrons. The first-order valence-electron chi connectivity index (χ1n) is 4.96. The molecule has 0 bridgehead atoms. The Labute approximate surface area is 101 Å². The van der Waals surface area contributed by atoms with E-state index in [1.807, 2.05) is 0 Å². The van der Waals surface area contributed by atoms with Gasteiger partial charge in [-0.15, -0.1) is 0 Å². The van der Waals surface area contributed by atoms with Crippen molar-refractivity contribution in [1.82, 2.24) is 0 Å². The average molecular weight is 196 g/mol. The number of rotatable bonds is 2. The minimum atomic E-state index is -0.0814. The van der Waals surface area contributed by atoms with Gasteiger partial charge >= 0.3 is 18.9 Å². The molecule has 0 fully saturated rings. The zero-order valence-electron chi connectivity index (χ0n) is 8.43. The van der Waals surface area contributed by atoms with Crippen LogP contribution < -0.4 is 0 Å². The molecule has 0 saturated heterocycles. The predicted molar refractivity (Wildman–Crippen MR) is 68.6 cm³/mol. The van der Waals surface area contributed by atoms with E-state index in [2.05, 4.69) is 38.2 Å². The molecule has 2 heteroatoms. The topological polar surface area (TPSA) is 0 Å². The summed E-state index contributed by atoms with van der Waals surface area (Å²) in [6, 6.07) is 0. The molecule has 0 radical (unpaired) electrons.